The number of hydrogen-bond donors (Lipinski definition) is 1. The van der Waals surface area contributed by atoms with Crippen LogP contribution in [0.4, 0.5) is 0 Å². The van der Waals surface area contributed by atoms with E-state index in [1.165, 1.54) is 18.2 Å². The predicted molar refractivity (Wildman–Crippen MR) is 159 cm³/mol. The average molecular weight is 570 g/mol. The van der Waals surface area contributed by atoms with Crippen molar-refractivity contribution >= 4 is 46.8 Å². The van der Waals surface area contributed by atoms with E-state index in [0.29, 0.717) is 22.2 Å². The molecular formula is C31H34Cl2N2O2S. The van der Waals surface area contributed by atoms with E-state index in [0.717, 1.165) is 42.4 Å². The van der Waals surface area contributed by atoms with E-state index in [1.807, 2.05) is 78.9 Å². The van der Waals surface area contributed by atoms with E-state index >= 15 is 0 Å². The first-order chi connectivity index (χ1) is 18.5. The highest BCUT2D eigenvalue weighted by molar-refractivity contribution is 7.99. The van der Waals surface area contributed by atoms with Crippen LogP contribution in [0.25, 0.3) is 0 Å². The zero-order valence-electron chi connectivity index (χ0n) is 21.5. The molecule has 3 aromatic carbocycles. The van der Waals surface area contributed by atoms with Gasteiger partial charge in [-0.05, 0) is 47.7 Å². The number of carbonyl (C=O) groups excluding carboxylic acids is 2. The first-order valence-corrected chi connectivity index (χ1v) is 15.1. The largest absolute Gasteiger partial charge is 0.352 e. The maximum Gasteiger partial charge on any atom is 0.243 e. The number of carbonyl (C=O) groups is 2. The van der Waals surface area contributed by atoms with Gasteiger partial charge < -0.3 is 10.2 Å². The highest BCUT2D eigenvalue weighted by Gasteiger charge is 2.32. The Balaban J connectivity index is 1.57. The Labute approximate surface area is 240 Å². The molecular weight excluding hydrogens is 535 g/mol. The molecule has 0 aliphatic heterocycles. The van der Waals surface area contributed by atoms with Crippen molar-refractivity contribution in [2.24, 2.45) is 0 Å². The van der Waals surface area contributed by atoms with Gasteiger partial charge in [0.2, 0.25) is 11.8 Å². The van der Waals surface area contributed by atoms with Gasteiger partial charge in [-0.25, -0.2) is 0 Å². The lowest BCUT2D eigenvalue weighted by Gasteiger charge is -2.33. The summed E-state index contributed by atoms with van der Waals surface area (Å²) in [5, 5.41) is 4.54. The molecule has 1 fully saturated rings. The first kappa shape index (κ1) is 28.5. The van der Waals surface area contributed by atoms with Gasteiger partial charge in [-0.3, -0.25) is 9.59 Å². The van der Waals surface area contributed by atoms with Crippen LogP contribution < -0.4 is 5.32 Å². The van der Waals surface area contributed by atoms with Gasteiger partial charge in [0.1, 0.15) is 6.04 Å². The third-order valence-corrected chi connectivity index (χ3v) is 8.50. The number of thioether (sulfide) groups is 1. The summed E-state index contributed by atoms with van der Waals surface area (Å²) in [5.74, 6) is 0.723. The number of halogens is 2. The molecule has 0 spiro atoms. The zero-order valence-corrected chi connectivity index (χ0v) is 23.8. The zero-order chi connectivity index (χ0) is 26.7. The molecule has 1 N–H and O–H groups in total. The van der Waals surface area contributed by atoms with Crippen LogP contribution in [0.2, 0.25) is 10.0 Å². The summed E-state index contributed by atoms with van der Waals surface area (Å²) in [5.41, 5.74) is 2.90. The Morgan fingerprint density at radius 1 is 0.895 bits per heavy atom. The van der Waals surface area contributed by atoms with E-state index < -0.39 is 6.04 Å². The maximum atomic E-state index is 13.8. The summed E-state index contributed by atoms with van der Waals surface area (Å²) in [4.78, 5) is 29.3. The Kier molecular flexibility index (Phi) is 11.0. The molecule has 0 heterocycles. The normalized spacial score (nSPS) is 14.6. The quantitative estimate of drug-likeness (QED) is 0.263. The van der Waals surface area contributed by atoms with Crippen LogP contribution in [0.15, 0.2) is 78.9 Å². The molecule has 0 unspecified atom stereocenters. The number of nitrogens with one attached hydrogen (secondary N) is 1. The lowest BCUT2D eigenvalue weighted by Crippen LogP contribution is -2.53. The fraction of sp³-hybridized carbons (Fsp3) is 0.355. The molecule has 0 bridgehead atoms. The standard InChI is InChI=1S/C31H34Cl2N2O2S/c32-26-14-9-12-24(18-26)21-38-22-30(36)35(20-25-13-7-8-17-28(25)33)29(19-23-10-3-1-4-11-23)31(37)34-27-15-5-2-6-16-27/h1,3-4,7-14,17-18,27,29H,2,5-6,15-16,19-22H2,(H,34,37)/t29-/m1/s1. The van der Waals surface area contributed by atoms with Gasteiger partial charge in [-0.1, -0.05) is 103 Å². The summed E-state index contributed by atoms with van der Waals surface area (Å²) in [6.07, 6.45) is 5.86. The van der Waals surface area contributed by atoms with Crippen LogP contribution in [-0.2, 0) is 28.3 Å². The van der Waals surface area contributed by atoms with Crippen LogP contribution >= 0.6 is 35.0 Å². The molecule has 38 heavy (non-hydrogen) atoms. The first-order valence-electron chi connectivity index (χ1n) is 13.2. The van der Waals surface area contributed by atoms with Crippen molar-refractivity contribution in [3.05, 3.63) is 106 Å². The van der Waals surface area contributed by atoms with Crippen LogP contribution in [-0.4, -0.2) is 34.6 Å². The van der Waals surface area contributed by atoms with Gasteiger partial charge >= 0.3 is 0 Å². The van der Waals surface area contributed by atoms with Crippen LogP contribution in [0.3, 0.4) is 0 Å². The van der Waals surface area contributed by atoms with Crippen LogP contribution in [0.1, 0.15) is 48.8 Å². The molecule has 1 aliphatic rings. The molecule has 0 saturated heterocycles. The van der Waals surface area contributed by atoms with E-state index in [1.54, 1.807) is 4.90 Å². The van der Waals surface area contributed by atoms with Crippen molar-refractivity contribution in [1.29, 1.82) is 0 Å². The van der Waals surface area contributed by atoms with Gasteiger partial charge in [0.25, 0.3) is 0 Å². The number of nitrogens with zero attached hydrogens (tertiary/aromatic N) is 1. The highest BCUT2D eigenvalue weighted by Crippen LogP contribution is 2.24. The summed E-state index contributed by atoms with van der Waals surface area (Å²) >= 11 is 14.2. The molecule has 1 saturated carbocycles. The minimum atomic E-state index is -0.644. The number of rotatable bonds is 11. The summed E-state index contributed by atoms with van der Waals surface area (Å²) in [6, 6.07) is 24.6. The molecule has 4 rings (SSSR count). The van der Waals surface area contributed by atoms with E-state index in [9.17, 15) is 9.59 Å². The Hall–Kier alpha value is -2.47. The number of amides is 2. The topological polar surface area (TPSA) is 49.4 Å². The van der Waals surface area contributed by atoms with Crippen molar-refractivity contribution in [2.75, 3.05) is 5.75 Å². The molecule has 1 atom stereocenters. The van der Waals surface area contributed by atoms with Crippen molar-refractivity contribution in [1.82, 2.24) is 10.2 Å². The molecule has 3 aromatic rings. The lowest BCUT2D eigenvalue weighted by molar-refractivity contribution is -0.139. The monoisotopic (exact) mass is 568 g/mol. The predicted octanol–water partition coefficient (Wildman–Crippen LogP) is 7.32. The molecule has 0 aromatic heterocycles. The Bertz CT molecular complexity index is 1200. The molecule has 2 amide bonds. The second kappa shape index (κ2) is 14.6. The third-order valence-electron chi connectivity index (χ3n) is 6.90. The number of benzene rings is 3. The summed E-state index contributed by atoms with van der Waals surface area (Å²) in [6.45, 7) is 0.270. The van der Waals surface area contributed by atoms with Crippen LogP contribution in [0.5, 0.6) is 0 Å². The summed E-state index contributed by atoms with van der Waals surface area (Å²) in [7, 11) is 0. The Morgan fingerprint density at radius 2 is 1.61 bits per heavy atom. The van der Waals surface area contributed by atoms with E-state index in [2.05, 4.69) is 5.32 Å². The molecule has 1 aliphatic carbocycles. The minimum absolute atomic E-state index is 0.0864. The summed E-state index contributed by atoms with van der Waals surface area (Å²) < 4.78 is 0. The smallest absolute Gasteiger partial charge is 0.243 e. The Morgan fingerprint density at radius 3 is 2.34 bits per heavy atom. The number of hydrogen-bond acceptors (Lipinski definition) is 3. The second-order valence-corrected chi connectivity index (χ2v) is 11.6. The SMILES string of the molecule is O=C(NC1CCCCC1)[C@@H](Cc1ccccc1)N(Cc1ccccc1Cl)C(=O)CSCc1cccc(Cl)c1. The van der Waals surface area contributed by atoms with Crippen molar-refractivity contribution in [3.8, 4) is 0 Å². The van der Waals surface area contributed by atoms with E-state index in [4.69, 9.17) is 23.2 Å². The maximum absolute atomic E-state index is 13.8. The van der Waals surface area contributed by atoms with Crippen LogP contribution in [0, 0.1) is 0 Å². The molecule has 7 heteroatoms. The van der Waals surface area contributed by atoms with Gasteiger partial charge in [0, 0.05) is 34.8 Å². The minimum Gasteiger partial charge on any atom is -0.352 e. The van der Waals surface area contributed by atoms with Crippen molar-refractivity contribution in [3.63, 3.8) is 0 Å². The van der Waals surface area contributed by atoms with Gasteiger partial charge in [0.15, 0.2) is 0 Å². The van der Waals surface area contributed by atoms with E-state index in [-0.39, 0.29) is 30.2 Å². The highest BCUT2D eigenvalue weighted by atomic mass is 35.5. The fourth-order valence-electron chi connectivity index (χ4n) is 4.87. The van der Waals surface area contributed by atoms with Gasteiger partial charge in [-0.15, -0.1) is 11.8 Å². The average Bonchev–Trinajstić information content (AvgIpc) is 2.92. The van der Waals surface area contributed by atoms with Crippen molar-refractivity contribution in [2.45, 2.75) is 62.9 Å². The molecule has 0 radical (unpaired) electrons. The lowest BCUT2D eigenvalue weighted by atomic mass is 9.94. The molecule has 200 valence electrons. The van der Waals surface area contributed by atoms with Gasteiger partial charge in [0.05, 0.1) is 5.75 Å². The second-order valence-electron chi connectivity index (χ2n) is 9.78. The van der Waals surface area contributed by atoms with Crippen molar-refractivity contribution < 1.29 is 9.59 Å². The van der Waals surface area contributed by atoms with Gasteiger partial charge in [-0.2, -0.15) is 0 Å². The molecule has 4 nitrogen and oxygen atoms in total. The fourth-order valence-corrected chi connectivity index (χ4v) is 6.14. The third kappa shape index (κ3) is 8.52.